The van der Waals surface area contributed by atoms with Gasteiger partial charge in [-0.2, -0.15) is 4.68 Å². The molecule has 1 aliphatic heterocycles. The molecule has 0 unspecified atom stereocenters. The number of carbonyl (C=O) groups is 3. The number of anilines is 3. The van der Waals surface area contributed by atoms with Gasteiger partial charge in [0, 0.05) is 23.7 Å². The third-order valence-corrected chi connectivity index (χ3v) is 8.75. The fraction of sp³-hybridized carbons (Fsp3) is 0.351. The number of fused-ring (bicyclic) bond motifs is 3. The van der Waals surface area contributed by atoms with Crippen LogP contribution in [-0.4, -0.2) is 73.2 Å². The van der Waals surface area contributed by atoms with E-state index in [9.17, 15) is 14.4 Å². The van der Waals surface area contributed by atoms with E-state index in [0.717, 1.165) is 10.5 Å². The Labute approximate surface area is 299 Å². The number of hydrogen-bond donors (Lipinski definition) is 1. The van der Waals surface area contributed by atoms with Gasteiger partial charge in [0.15, 0.2) is 23.2 Å². The quantitative estimate of drug-likeness (QED) is 0.202. The van der Waals surface area contributed by atoms with Gasteiger partial charge in [-0.1, -0.05) is 6.07 Å². The van der Waals surface area contributed by atoms with E-state index in [1.54, 1.807) is 79.2 Å². The Kier molecular flexibility index (Phi) is 8.11. The molecule has 268 valence electrons. The molecule has 4 heterocycles. The highest BCUT2D eigenvalue weighted by Crippen LogP contribution is 2.67. The lowest BCUT2D eigenvalue weighted by molar-refractivity contribution is -0.120. The number of benzene rings is 2. The molecule has 1 N–H and O–H groups in total. The molecule has 0 radical (unpaired) electrons. The lowest BCUT2D eigenvalue weighted by Gasteiger charge is -2.24. The number of rotatable bonds is 6. The summed E-state index contributed by atoms with van der Waals surface area (Å²) in [6.45, 7) is 10.6. The summed E-state index contributed by atoms with van der Waals surface area (Å²) < 4.78 is 23.6. The molecule has 2 aliphatic rings. The Hall–Kier alpha value is -6.12. The Morgan fingerprint density at radius 1 is 0.885 bits per heavy atom. The van der Waals surface area contributed by atoms with Crippen LogP contribution in [0.2, 0.25) is 0 Å². The molecule has 0 saturated heterocycles. The van der Waals surface area contributed by atoms with Gasteiger partial charge >= 0.3 is 12.2 Å². The van der Waals surface area contributed by atoms with Crippen LogP contribution in [0.1, 0.15) is 65.0 Å². The lowest BCUT2D eigenvalue weighted by Crippen LogP contribution is -2.41. The minimum Gasteiger partial charge on any atom is -0.497 e. The first-order chi connectivity index (χ1) is 24.6. The number of imide groups is 1. The second kappa shape index (κ2) is 12.3. The minimum atomic E-state index is -1.04. The third kappa shape index (κ3) is 6.01. The van der Waals surface area contributed by atoms with Crippen molar-refractivity contribution >= 4 is 46.3 Å². The molecule has 1 fully saturated rings. The van der Waals surface area contributed by atoms with Crippen LogP contribution in [0.4, 0.5) is 26.9 Å². The number of nitrogens with zero attached hydrogens (tertiary/aromatic N) is 7. The zero-order valence-corrected chi connectivity index (χ0v) is 30.0. The second-order valence-electron chi connectivity index (χ2n) is 14.6. The highest BCUT2D eigenvalue weighted by molar-refractivity contribution is 6.23. The smallest absolute Gasteiger partial charge is 0.435 e. The van der Waals surface area contributed by atoms with E-state index >= 15 is 0 Å². The molecular weight excluding hydrogens is 668 g/mol. The van der Waals surface area contributed by atoms with Gasteiger partial charge in [-0.25, -0.2) is 34.4 Å². The summed E-state index contributed by atoms with van der Waals surface area (Å²) >= 11 is 0. The topological polar surface area (TPSA) is 173 Å². The van der Waals surface area contributed by atoms with Crippen molar-refractivity contribution in [3.63, 3.8) is 0 Å². The zero-order chi connectivity index (χ0) is 37.2. The summed E-state index contributed by atoms with van der Waals surface area (Å²) in [5.74, 6) is 1.11. The van der Waals surface area contributed by atoms with Gasteiger partial charge in [0.25, 0.3) is 0 Å². The first-order valence-electron chi connectivity index (χ1n) is 16.6. The molecule has 2 atom stereocenters. The molecule has 7 rings (SSSR count). The number of nitrogens with one attached hydrogen (secondary N) is 1. The first kappa shape index (κ1) is 34.3. The predicted molar refractivity (Wildman–Crippen MR) is 190 cm³/mol. The van der Waals surface area contributed by atoms with E-state index in [1.807, 2.05) is 18.2 Å². The van der Waals surface area contributed by atoms with Crippen LogP contribution in [0.25, 0.3) is 22.3 Å². The highest BCUT2D eigenvalue weighted by Gasteiger charge is 2.68. The summed E-state index contributed by atoms with van der Waals surface area (Å²) in [5.41, 5.74) is 0.245. The molecular formula is C37H38N8O7. The number of methoxy groups -OCH3 is 2. The summed E-state index contributed by atoms with van der Waals surface area (Å²) in [4.78, 5) is 59.6. The van der Waals surface area contributed by atoms with E-state index in [2.05, 4.69) is 30.4 Å². The Morgan fingerprint density at radius 2 is 1.60 bits per heavy atom. The average molecular weight is 707 g/mol. The maximum atomic E-state index is 14.3. The number of ether oxygens (including phenoxy) is 4. The fourth-order valence-electron chi connectivity index (χ4n) is 6.47. The van der Waals surface area contributed by atoms with Crippen LogP contribution < -0.4 is 19.7 Å². The number of amides is 2. The van der Waals surface area contributed by atoms with Crippen LogP contribution in [0.3, 0.4) is 0 Å². The van der Waals surface area contributed by atoms with Crippen LogP contribution in [0.15, 0.2) is 61.3 Å². The normalized spacial score (nSPS) is 18.0. The van der Waals surface area contributed by atoms with Crippen LogP contribution in [-0.2, 0) is 19.7 Å². The van der Waals surface area contributed by atoms with Crippen molar-refractivity contribution in [1.82, 2.24) is 29.7 Å². The van der Waals surface area contributed by atoms with Crippen LogP contribution in [0, 0.1) is 0 Å². The molecule has 2 aromatic carbocycles. The predicted octanol–water partition coefficient (Wildman–Crippen LogP) is 6.53. The van der Waals surface area contributed by atoms with Gasteiger partial charge in [0.2, 0.25) is 5.91 Å². The summed E-state index contributed by atoms with van der Waals surface area (Å²) in [6, 6.07) is 10.8. The maximum absolute atomic E-state index is 14.3. The molecule has 0 bridgehead atoms. The van der Waals surface area contributed by atoms with E-state index < -0.39 is 28.8 Å². The summed E-state index contributed by atoms with van der Waals surface area (Å²) in [5, 5.41) is 8.43. The summed E-state index contributed by atoms with van der Waals surface area (Å²) in [7, 11) is 3.04. The summed E-state index contributed by atoms with van der Waals surface area (Å²) in [6.07, 6.45) is 5.08. The molecule has 2 amide bonds. The van der Waals surface area contributed by atoms with Gasteiger partial charge in [-0.15, -0.1) is 5.10 Å². The van der Waals surface area contributed by atoms with Crippen molar-refractivity contribution in [2.45, 2.75) is 70.5 Å². The molecule has 5 aromatic rings. The standard InChI is InChI=1S/C37H38N8O7/c1-35(2,3)51-33(47)44-26-12-10-22(49-7)14-24(26)37(32(44)46)15-25(37)20-9-11-23-27(13-20)45(34(48)52-36(4,5)6)43-30(23)42-31-28(50-8)18-40-29(41-31)21-16-38-19-39-17-21/h9-14,16-19,25H,15H2,1-8H3,(H,40,41,42,43)/t25-,37-/m0/s1. The zero-order valence-electron chi connectivity index (χ0n) is 30.0. The molecule has 3 aromatic heterocycles. The molecule has 15 nitrogen and oxygen atoms in total. The van der Waals surface area contributed by atoms with Gasteiger partial charge in [-0.3, -0.25) is 4.79 Å². The highest BCUT2D eigenvalue weighted by atomic mass is 16.6. The fourth-order valence-corrected chi connectivity index (χ4v) is 6.47. The van der Waals surface area contributed by atoms with Gasteiger partial charge in [0.05, 0.1) is 42.6 Å². The first-order valence-corrected chi connectivity index (χ1v) is 16.6. The van der Waals surface area contributed by atoms with E-state index in [4.69, 9.17) is 18.9 Å². The molecule has 1 spiro atoms. The molecule has 52 heavy (non-hydrogen) atoms. The molecule has 1 saturated carbocycles. The average Bonchev–Trinajstić information content (AvgIpc) is 3.68. The van der Waals surface area contributed by atoms with Gasteiger partial charge in [0.1, 0.15) is 23.3 Å². The SMILES string of the molecule is COc1ccc2c(c1)[C@]1(C[C@H]1c1ccc3c(Nc4nc(-c5cncnc5)ncc4OC)nn(C(=O)OC(C)(C)C)c3c1)C(=O)N2C(=O)OC(C)(C)C. The minimum absolute atomic E-state index is 0.293. The lowest BCUT2D eigenvalue weighted by atomic mass is 9.91. The van der Waals surface area contributed by atoms with Crippen molar-refractivity contribution in [2.75, 3.05) is 24.4 Å². The van der Waals surface area contributed by atoms with E-state index in [1.165, 1.54) is 24.3 Å². The van der Waals surface area contributed by atoms with Crippen LogP contribution in [0.5, 0.6) is 11.5 Å². The largest absolute Gasteiger partial charge is 0.497 e. The Bertz CT molecular complexity index is 2240. The van der Waals surface area contributed by atoms with Gasteiger partial charge < -0.3 is 24.3 Å². The Morgan fingerprint density at radius 3 is 2.27 bits per heavy atom. The maximum Gasteiger partial charge on any atom is 0.435 e. The van der Waals surface area contributed by atoms with E-state index in [-0.39, 0.29) is 11.8 Å². The molecule has 1 aliphatic carbocycles. The monoisotopic (exact) mass is 706 g/mol. The Balaban J connectivity index is 1.31. The van der Waals surface area contributed by atoms with Crippen molar-refractivity contribution < 1.29 is 33.3 Å². The number of hydrogen-bond acceptors (Lipinski definition) is 13. The van der Waals surface area contributed by atoms with Crippen molar-refractivity contribution in [2.24, 2.45) is 0 Å². The molecule has 15 heteroatoms. The van der Waals surface area contributed by atoms with Crippen LogP contribution >= 0.6 is 0 Å². The van der Waals surface area contributed by atoms with Crippen molar-refractivity contribution in [3.8, 4) is 22.9 Å². The number of aromatic nitrogens is 6. The van der Waals surface area contributed by atoms with Crippen molar-refractivity contribution in [3.05, 3.63) is 72.4 Å². The second-order valence-corrected chi connectivity index (χ2v) is 14.6. The third-order valence-electron chi connectivity index (χ3n) is 8.75. The number of carbonyl (C=O) groups excluding carboxylic acids is 3. The van der Waals surface area contributed by atoms with Crippen molar-refractivity contribution in [1.29, 1.82) is 0 Å². The van der Waals surface area contributed by atoms with Gasteiger partial charge in [-0.05, 0) is 89.4 Å². The van der Waals surface area contributed by atoms with E-state index in [0.29, 0.717) is 63.1 Å².